The van der Waals surface area contributed by atoms with Crippen LogP contribution in [-0.4, -0.2) is 0 Å². The van der Waals surface area contributed by atoms with Crippen LogP contribution in [0.15, 0.2) is 34.3 Å². The normalized spacial score (nSPS) is 11.4. The third-order valence-corrected chi connectivity index (χ3v) is 3.08. The molecule has 0 spiro atoms. The molecule has 0 aliphatic rings. The van der Waals surface area contributed by atoms with E-state index in [0.717, 1.165) is 16.7 Å². The predicted molar refractivity (Wildman–Crippen MR) is 56.0 cm³/mol. The van der Waals surface area contributed by atoms with E-state index in [1.165, 1.54) is 10.1 Å². The van der Waals surface area contributed by atoms with Crippen LogP contribution in [0.1, 0.15) is 0 Å². The Balaban J connectivity index is 2.70. The van der Waals surface area contributed by atoms with E-state index in [0.29, 0.717) is 0 Å². The first-order chi connectivity index (χ1) is 6.36. The Morgan fingerprint density at radius 1 is 1.23 bits per heavy atom. The van der Waals surface area contributed by atoms with Gasteiger partial charge in [-0.25, -0.2) is 0 Å². The fraction of sp³-hybridized carbons (Fsp3) is 0. The molecular weight excluding hydrogens is 182 g/mol. The van der Waals surface area contributed by atoms with Crippen LogP contribution in [0.3, 0.4) is 0 Å². The monoisotopic (exact) mass is 189 g/mol. The van der Waals surface area contributed by atoms with Gasteiger partial charge in [0.25, 0.3) is 0 Å². The van der Waals surface area contributed by atoms with Gasteiger partial charge >= 0.3 is 0 Å². The summed E-state index contributed by atoms with van der Waals surface area (Å²) in [5, 5.41) is 4.30. The third-order valence-electron chi connectivity index (χ3n) is 2.20. The van der Waals surface area contributed by atoms with Crippen molar-refractivity contribution in [1.29, 1.82) is 0 Å². The summed E-state index contributed by atoms with van der Waals surface area (Å²) in [5.41, 5.74) is 7.40. The van der Waals surface area contributed by atoms with Crippen LogP contribution in [-0.2, 0) is 0 Å². The number of anilines is 1. The number of hydrogen-bond donors (Lipinski definition) is 1. The van der Waals surface area contributed by atoms with Crippen LogP contribution in [0.2, 0.25) is 0 Å². The lowest BCUT2D eigenvalue weighted by Gasteiger charge is -1.92. The first-order valence-electron chi connectivity index (χ1n) is 3.99. The Labute approximate surface area is 78.6 Å². The van der Waals surface area contributed by atoms with Gasteiger partial charge in [0, 0.05) is 10.1 Å². The van der Waals surface area contributed by atoms with Gasteiger partial charge in [-0.2, -0.15) is 0 Å². The minimum Gasteiger partial charge on any atom is -0.462 e. The summed E-state index contributed by atoms with van der Waals surface area (Å²) in [7, 11) is 0. The summed E-state index contributed by atoms with van der Waals surface area (Å²) < 4.78 is 6.56. The van der Waals surface area contributed by atoms with Crippen molar-refractivity contribution >= 4 is 38.1 Å². The van der Waals surface area contributed by atoms with E-state index in [1.54, 1.807) is 17.6 Å². The number of fused-ring (bicyclic) bond motifs is 3. The number of nitrogens with two attached hydrogens (primary N) is 1. The molecule has 0 aliphatic carbocycles. The number of furan rings is 1. The van der Waals surface area contributed by atoms with Crippen LogP contribution in [0.5, 0.6) is 0 Å². The molecule has 0 amide bonds. The molecule has 0 aliphatic heterocycles. The summed E-state index contributed by atoms with van der Waals surface area (Å²) in [4.78, 5) is 0. The average Bonchev–Trinajstić information content (AvgIpc) is 2.70. The average molecular weight is 189 g/mol. The molecule has 13 heavy (non-hydrogen) atoms. The highest BCUT2D eigenvalue weighted by molar-refractivity contribution is 7.17. The van der Waals surface area contributed by atoms with Gasteiger partial charge in [0.15, 0.2) is 0 Å². The number of hydrogen-bond acceptors (Lipinski definition) is 3. The first kappa shape index (κ1) is 6.97. The van der Waals surface area contributed by atoms with Crippen LogP contribution in [0.25, 0.3) is 21.1 Å². The zero-order valence-electron chi connectivity index (χ0n) is 6.78. The van der Waals surface area contributed by atoms with Crippen molar-refractivity contribution in [2.24, 2.45) is 0 Å². The minimum atomic E-state index is 0.721. The van der Waals surface area contributed by atoms with Crippen molar-refractivity contribution in [3.63, 3.8) is 0 Å². The van der Waals surface area contributed by atoms with E-state index >= 15 is 0 Å². The molecule has 0 bridgehead atoms. The zero-order chi connectivity index (χ0) is 8.84. The molecule has 0 saturated heterocycles. The third kappa shape index (κ3) is 0.820. The quantitative estimate of drug-likeness (QED) is 0.589. The van der Waals surface area contributed by atoms with Crippen molar-refractivity contribution in [3.8, 4) is 0 Å². The van der Waals surface area contributed by atoms with E-state index in [9.17, 15) is 0 Å². The van der Waals surface area contributed by atoms with Gasteiger partial charge in [0.1, 0.15) is 11.8 Å². The number of thiophene rings is 1. The maximum atomic E-state index is 5.81. The van der Waals surface area contributed by atoms with Gasteiger partial charge in [0.2, 0.25) is 0 Å². The van der Waals surface area contributed by atoms with Crippen LogP contribution in [0.4, 0.5) is 5.69 Å². The molecule has 2 heterocycles. The first-order valence-corrected chi connectivity index (χ1v) is 4.87. The van der Waals surface area contributed by atoms with Crippen molar-refractivity contribution in [2.75, 3.05) is 5.73 Å². The molecule has 3 rings (SSSR count). The minimum absolute atomic E-state index is 0.721. The van der Waals surface area contributed by atoms with Crippen molar-refractivity contribution in [2.45, 2.75) is 0 Å². The number of rotatable bonds is 0. The predicted octanol–water partition coefficient (Wildman–Crippen LogP) is 3.23. The van der Waals surface area contributed by atoms with Gasteiger partial charge in [-0.3, -0.25) is 0 Å². The smallest absolute Gasteiger partial charge is 0.136 e. The molecule has 0 unspecified atom stereocenters. The molecule has 3 aromatic rings. The fourth-order valence-corrected chi connectivity index (χ4v) is 2.40. The fourth-order valence-electron chi connectivity index (χ4n) is 1.61. The maximum absolute atomic E-state index is 5.81. The lowest BCUT2D eigenvalue weighted by molar-refractivity contribution is 0.617. The van der Waals surface area contributed by atoms with Crippen LogP contribution in [0, 0.1) is 0 Å². The Bertz CT molecular complexity index is 579. The van der Waals surface area contributed by atoms with Crippen molar-refractivity contribution in [3.05, 3.63) is 29.8 Å². The van der Waals surface area contributed by atoms with E-state index in [2.05, 4.69) is 17.5 Å². The van der Waals surface area contributed by atoms with Gasteiger partial charge < -0.3 is 10.2 Å². The van der Waals surface area contributed by atoms with Crippen LogP contribution >= 0.6 is 11.3 Å². The van der Waals surface area contributed by atoms with Gasteiger partial charge in [0.05, 0.1) is 11.1 Å². The van der Waals surface area contributed by atoms with E-state index < -0.39 is 0 Å². The highest BCUT2D eigenvalue weighted by Crippen LogP contribution is 2.33. The summed E-state index contributed by atoms with van der Waals surface area (Å²) in [6.07, 6.45) is 1.60. The number of nitrogen functional groups attached to an aromatic ring is 1. The lowest BCUT2D eigenvalue weighted by atomic mass is 10.1. The lowest BCUT2D eigenvalue weighted by Crippen LogP contribution is -1.79. The van der Waals surface area contributed by atoms with Gasteiger partial charge in [-0.05, 0) is 23.6 Å². The summed E-state index contributed by atoms with van der Waals surface area (Å²) >= 11 is 1.72. The highest BCUT2D eigenvalue weighted by Gasteiger charge is 2.07. The second-order valence-corrected chi connectivity index (χ2v) is 3.91. The molecule has 0 radical (unpaired) electrons. The summed E-state index contributed by atoms with van der Waals surface area (Å²) in [6, 6.07) is 6.10. The molecule has 2 nitrogen and oxygen atoms in total. The molecule has 2 N–H and O–H groups in total. The highest BCUT2D eigenvalue weighted by atomic mass is 32.1. The molecule has 1 aromatic carbocycles. The van der Waals surface area contributed by atoms with Crippen molar-refractivity contribution in [1.82, 2.24) is 0 Å². The van der Waals surface area contributed by atoms with E-state index in [1.807, 2.05) is 6.07 Å². The molecule has 0 fully saturated rings. The van der Waals surface area contributed by atoms with E-state index in [-0.39, 0.29) is 0 Å². The Kier molecular flexibility index (Phi) is 1.21. The standard InChI is InChI=1S/C10H7NOS/c11-7-5-12-8-1-2-9-6(10(7)8)3-4-13-9/h1-5H,11H2. The maximum Gasteiger partial charge on any atom is 0.136 e. The summed E-state index contributed by atoms with van der Waals surface area (Å²) in [5.74, 6) is 0. The SMILES string of the molecule is Nc1coc2ccc3sccc3c12. The van der Waals surface area contributed by atoms with Crippen LogP contribution < -0.4 is 5.73 Å². The second kappa shape index (κ2) is 2.26. The molecule has 2 aromatic heterocycles. The zero-order valence-corrected chi connectivity index (χ0v) is 7.60. The Morgan fingerprint density at radius 2 is 2.15 bits per heavy atom. The molecular formula is C10H7NOS. The largest absolute Gasteiger partial charge is 0.462 e. The Morgan fingerprint density at radius 3 is 3.08 bits per heavy atom. The number of benzene rings is 1. The second-order valence-electron chi connectivity index (χ2n) is 2.96. The topological polar surface area (TPSA) is 39.2 Å². The van der Waals surface area contributed by atoms with Gasteiger partial charge in [-0.1, -0.05) is 0 Å². The molecule has 0 atom stereocenters. The summed E-state index contributed by atoms with van der Waals surface area (Å²) in [6.45, 7) is 0. The molecule has 64 valence electrons. The molecule has 0 saturated carbocycles. The van der Waals surface area contributed by atoms with Gasteiger partial charge in [-0.15, -0.1) is 11.3 Å². The van der Waals surface area contributed by atoms with Crippen molar-refractivity contribution < 1.29 is 4.42 Å². The van der Waals surface area contributed by atoms with E-state index in [4.69, 9.17) is 10.2 Å². The molecule has 3 heteroatoms. The Hall–Kier alpha value is -1.48.